The average molecular weight is 349 g/mol. The molecule has 3 rings (SSSR count). The molecule has 1 atom stereocenters. The Bertz CT molecular complexity index is 476. The van der Waals surface area contributed by atoms with E-state index in [1.807, 2.05) is 0 Å². The zero-order valence-electron chi connectivity index (χ0n) is 16.2. The van der Waals surface area contributed by atoms with E-state index in [0.29, 0.717) is 29.7 Å². The van der Waals surface area contributed by atoms with Crippen molar-refractivity contribution in [2.75, 3.05) is 13.1 Å². The van der Waals surface area contributed by atoms with Gasteiger partial charge in [-0.2, -0.15) is 0 Å². The number of hydrogen-bond donors (Lipinski definition) is 1. The number of nitrogens with one attached hydrogen (secondary N) is 1. The minimum atomic E-state index is 0.178. The predicted octanol–water partition coefficient (Wildman–Crippen LogP) is 3.89. The first kappa shape index (κ1) is 18.7. The number of hydrogen-bond acceptors (Lipinski definition) is 2. The molecule has 1 saturated heterocycles. The minimum Gasteiger partial charge on any atom is -0.353 e. The van der Waals surface area contributed by atoms with E-state index in [9.17, 15) is 9.59 Å². The fourth-order valence-electron chi connectivity index (χ4n) is 5.15. The number of carbonyl (C=O) groups is 2. The summed E-state index contributed by atoms with van der Waals surface area (Å²) in [6.45, 7) is 6.07. The van der Waals surface area contributed by atoms with Crippen LogP contribution < -0.4 is 5.32 Å². The fraction of sp³-hybridized carbons (Fsp3) is 0.905. The molecule has 0 bridgehead atoms. The third kappa shape index (κ3) is 4.38. The highest BCUT2D eigenvalue weighted by molar-refractivity contribution is 5.79. The van der Waals surface area contributed by atoms with Gasteiger partial charge in [0.05, 0.1) is 0 Å². The van der Waals surface area contributed by atoms with Crippen LogP contribution in [0.25, 0.3) is 0 Å². The van der Waals surface area contributed by atoms with Gasteiger partial charge in [-0.25, -0.2) is 0 Å². The highest BCUT2D eigenvalue weighted by Crippen LogP contribution is 2.49. The smallest absolute Gasteiger partial charge is 0.225 e. The lowest BCUT2D eigenvalue weighted by molar-refractivity contribution is -0.135. The minimum absolute atomic E-state index is 0.178. The van der Waals surface area contributed by atoms with E-state index in [1.165, 1.54) is 32.1 Å². The van der Waals surface area contributed by atoms with Crippen LogP contribution in [0, 0.1) is 17.3 Å². The lowest BCUT2D eigenvalue weighted by atomic mass is 9.66. The van der Waals surface area contributed by atoms with Gasteiger partial charge in [0.1, 0.15) is 0 Å². The van der Waals surface area contributed by atoms with Crippen molar-refractivity contribution in [3.8, 4) is 0 Å². The Morgan fingerprint density at radius 3 is 2.40 bits per heavy atom. The molecule has 1 aliphatic heterocycles. The zero-order valence-corrected chi connectivity index (χ0v) is 16.2. The lowest BCUT2D eigenvalue weighted by Gasteiger charge is -2.38. The molecule has 1 unspecified atom stereocenters. The molecule has 2 aliphatic carbocycles. The second-order valence-corrected chi connectivity index (χ2v) is 8.73. The first-order valence-corrected chi connectivity index (χ1v) is 10.7. The molecule has 1 heterocycles. The van der Waals surface area contributed by atoms with E-state index in [2.05, 4.69) is 24.1 Å². The van der Waals surface area contributed by atoms with Gasteiger partial charge in [0.2, 0.25) is 11.8 Å². The van der Waals surface area contributed by atoms with Gasteiger partial charge < -0.3 is 10.2 Å². The van der Waals surface area contributed by atoms with Crippen LogP contribution in [-0.2, 0) is 9.59 Å². The molecule has 4 nitrogen and oxygen atoms in total. The first-order chi connectivity index (χ1) is 12.1. The summed E-state index contributed by atoms with van der Waals surface area (Å²) in [7, 11) is 0. The van der Waals surface area contributed by atoms with Crippen LogP contribution in [0.4, 0.5) is 0 Å². The number of nitrogens with zero attached hydrogens (tertiary/aromatic N) is 1. The standard InChI is InChI=1S/C21H36N2O2/c1-3-16(4-2)20(25)23-14-17(8-11-19(24)22-18-9-10-18)21(15-23)12-6-5-7-13-21/h16-18H,3-15H2,1-2H3,(H,22,24). The second-order valence-electron chi connectivity index (χ2n) is 8.73. The van der Waals surface area contributed by atoms with E-state index >= 15 is 0 Å². The van der Waals surface area contributed by atoms with E-state index in [-0.39, 0.29) is 11.8 Å². The van der Waals surface area contributed by atoms with Crippen molar-refractivity contribution in [2.45, 2.75) is 90.5 Å². The molecular weight excluding hydrogens is 312 g/mol. The van der Waals surface area contributed by atoms with Gasteiger partial charge in [-0.15, -0.1) is 0 Å². The molecular formula is C21H36N2O2. The summed E-state index contributed by atoms with van der Waals surface area (Å²) in [6.07, 6.45) is 12.2. The lowest BCUT2D eigenvalue weighted by Crippen LogP contribution is -2.37. The molecule has 1 N–H and O–H groups in total. The molecule has 0 aromatic carbocycles. The van der Waals surface area contributed by atoms with Crippen molar-refractivity contribution in [2.24, 2.45) is 17.3 Å². The maximum absolute atomic E-state index is 12.9. The van der Waals surface area contributed by atoms with Crippen molar-refractivity contribution >= 4 is 11.8 Å². The fourth-order valence-corrected chi connectivity index (χ4v) is 5.15. The van der Waals surface area contributed by atoms with E-state index < -0.39 is 0 Å². The van der Waals surface area contributed by atoms with E-state index in [4.69, 9.17) is 0 Å². The molecule has 0 radical (unpaired) electrons. The Labute approximate surface area is 153 Å². The van der Waals surface area contributed by atoms with Gasteiger partial charge in [-0.05, 0) is 56.3 Å². The van der Waals surface area contributed by atoms with Gasteiger partial charge in [-0.1, -0.05) is 33.1 Å². The molecule has 3 aliphatic rings. The molecule has 2 amide bonds. The Hall–Kier alpha value is -1.06. The monoisotopic (exact) mass is 348 g/mol. The summed E-state index contributed by atoms with van der Waals surface area (Å²) < 4.78 is 0. The van der Waals surface area contributed by atoms with Gasteiger partial charge in [0.15, 0.2) is 0 Å². The number of likely N-dealkylation sites (tertiary alicyclic amines) is 1. The maximum Gasteiger partial charge on any atom is 0.225 e. The molecule has 3 fully saturated rings. The molecule has 0 aromatic heterocycles. The Balaban J connectivity index is 1.63. The molecule has 1 spiro atoms. The van der Waals surface area contributed by atoms with Crippen molar-refractivity contribution < 1.29 is 9.59 Å². The molecule has 25 heavy (non-hydrogen) atoms. The Morgan fingerprint density at radius 1 is 1.12 bits per heavy atom. The zero-order chi connectivity index (χ0) is 17.9. The number of rotatable bonds is 7. The molecule has 2 saturated carbocycles. The van der Waals surface area contributed by atoms with Crippen LogP contribution in [0.15, 0.2) is 0 Å². The van der Waals surface area contributed by atoms with Crippen molar-refractivity contribution in [3.05, 3.63) is 0 Å². The van der Waals surface area contributed by atoms with Gasteiger partial charge in [-0.3, -0.25) is 9.59 Å². The highest BCUT2D eigenvalue weighted by atomic mass is 16.2. The third-order valence-corrected chi connectivity index (χ3v) is 6.97. The van der Waals surface area contributed by atoms with Crippen molar-refractivity contribution in [1.82, 2.24) is 10.2 Å². The van der Waals surface area contributed by atoms with Crippen LogP contribution in [0.5, 0.6) is 0 Å². The van der Waals surface area contributed by atoms with Crippen LogP contribution in [0.2, 0.25) is 0 Å². The van der Waals surface area contributed by atoms with Crippen LogP contribution in [0.1, 0.15) is 84.5 Å². The predicted molar refractivity (Wildman–Crippen MR) is 100 cm³/mol. The quantitative estimate of drug-likeness (QED) is 0.759. The van der Waals surface area contributed by atoms with Crippen LogP contribution in [-0.4, -0.2) is 35.8 Å². The summed E-state index contributed by atoms with van der Waals surface area (Å²) in [5.74, 6) is 1.27. The number of amides is 2. The summed E-state index contributed by atoms with van der Waals surface area (Å²) in [5.41, 5.74) is 0.291. The van der Waals surface area contributed by atoms with Crippen LogP contribution >= 0.6 is 0 Å². The molecule has 142 valence electrons. The Kier molecular flexibility index (Phi) is 6.06. The van der Waals surface area contributed by atoms with Crippen molar-refractivity contribution in [3.63, 3.8) is 0 Å². The Morgan fingerprint density at radius 2 is 1.80 bits per heavy atom. The van der Waals surface area contributed by atoms with Gasteiger partial charge in [0, 0.05) is 31.5 Å². The largest absolute Gasteiger partial charge is 0.353 e. The normalized spacial score (nSPS) is 25.6. The van der Waals surface area contributed by atoms with Crippen LogP contribution in [0.3, 0.4) is 0 Å². The topological polar surface area (TPSA) is 49.4 Å². The van der Waals surface area contributed by atoms with Gasteiger partial charge in [0.25, 0.3) is 0 Å². The molecule has 0 aromatic rings. The summed E-state index contributed by atoms with van der Waals surface area (Å²) in [6, 6.07) is 0.452. The van der Waals surface area contributed by atoms with Gasteiger partial charge >= 0.3 is 0 Å². The van der Waals surface area contributed by atoms with Crippen molar-refractivity contribution in [1.29, 1.82) is 0 Å². The average Bonchev–Trinajstić information content (AvgIpc) is 3.36. The molecule has 4 heteroatoms. The second kappa shape index (κ2) is 8.09. The van der Waals surface area contributed by atoms with E-state index in [1.54, 1.807) is 0 Å². The maximum atomic E-state index is 12.9. The first-order valence-electron chi connectivity index (χ1n) is 10.7. The summed E-state index contributed by atoms with van der Waals surface area (Å²) in [4.78, 5) is 27.2. The SMILES string of the molecule is CCC(CC)C(=O)N1CC(CCC(=O)NC2CC2)C2(CCCCC2)C1. The summed E-state index contributed by atoms with van der Waals surface area (Å²) in [5, 5.41) is 3.12. The number of carbonyl (C=O) groups excluding carboxylic acids is 2. The highest BCUT2D eigenvalue weighted by Gasteiger charge is 2.48. The van der Waals surface area contributed by atoms with E-state index in [0.717, 1.165) is 45.2 Å². The summed E-state index contributed by atoms with van der Waals surface area (Å²) >= 11 is 0. The third-order valence-electron chi connectivity index (χ3n) is 6.97.